The molecule has 2 rings (SSSR count). The zero-order valence-electron chi connectivity index (χ0n) is 15.6. The largest absolute Gasteiger partial charge is 0.493 e. The predicted molar refractivity (Wildman–Crippen MR) is 99.3 cm³/mol. The van der Waals surface area contributed by atoms with Crippen molar-refractivity contribution in [1.29, 1.82) is 0 Å². The van der Waals surface area contributed by atoms with E-state index in [4.69, 9.17) is 14.2 Å². The number of ether oxygens (including phenoxy) is 3. The summed E-state index contributed by atoms with van der Waals surface area (Å²) in [6.07, 6.45) is 0.760. The monoisotopic (exact) mass is 342 g/mol. The van der Waals surface area contributed by atoms with E-state index < -0.39 is 0 Å². The maximum atomic E-state index is 11.2. The van der Waals surface area contributed by atoms with Crippen LogP contribution in [0, 0.1) is 6.92 Å². The molecule has 0 aliphatic heterocycles. The molecule has 0 spiro atoms. The van der Waals surface area contributed by atoms with Crippen molar-refractivity contribution in [3.05, 3.63) is 53.1 Å². The van der Waals surface area contributed by atoms with Gasteiger partial charge < -0.3 is 14.2 Å². The Morgan fingerprint density at radius 1 is 1.00 bits per heavy atom. The van der Waals surface area contributed by atoms with Gasteiger partial charge in [0.2, 0.25) is 0 Å². The molecule has 0 fully saturated rings. The molecule has 0 saturated carbocycles. The van der Waals surface area contributed by atoms with Crippen molar-refractivity contribution in [2.75, 3.05) is 20.3 Å². The molecular weight excluding hydrogens is 316 g/mol. The molecule has 0 aliphatic rings. The van der Waals surface area contributed by atoms with Gasteiger partial charge in [-0.3, -0.25) is 4.79 Å². The minimum Gasteiger partial charge on any atom is -0.493 e. The van der Waals surface area contributed by atoms with Gasteiger partial charge >= 0.3 is 0 Å². The van der Waals surface area contributed by atoms with Crippen LogP contribution in [0.5, 0.6) is 17.2 Å². The molecular formula is C21H26O4. The van der Waals surface area contributed by atoms with E-state index in [9.17, 15) is 4.79 Å². The summed E-state index contributed by atoms with van der Waals surface area (Å²) in [5, 5.41) is 0. The van der Waals surface area contributed by atoms with Gasteiger partial charge in [0.1, 0.15) is 19.0 Å². The third-order valence-electron chi connectivity index (χ3n) is 3.89. The molecule has 0 unspecified atom stereocenters. The smallest absolute Gasteiger partial charge is 0.171 e. The van der Waals surface area contributed by atoms with Crippen LogP contribution in [0.4, 0.5) is 0 Å². The van der Waals surface area contributed by atoms with Gasteiger partial charge in [-0.15, -0.1) is 0 Å². The normalized spacial score (nSPS) is 11.1. The summed E-state index contributed by atoms with van der Waals surface area (Å²) < 4.78 is 16.9. The maximum absolute atomic E-state index is 11.2. The Bertz CT molecular complexity index is 729. The average Bonchev–Trinajstić information content (AvgIpc) is 2.58. The quantitative estimate of drug-likeness (QED) is 0.546. The SMILES string of the molecule is COc1cccc(C=O)c1OCCOc1ccc(C)cc1C(C)(C)C. The third kappa shape index (κ3) is 4.75. The first-order valence-electron chi connectivity index (χ1n) is 8.35. The lowest BCUT2D eigenvalue weighted by molar-refractivity contribution is 0.111. The highest BCUT2D eigenvalue weighted by molar-refractivity contribution is 5.81. The number of carbonyl (C=O) groups excluding carboxylic acids is 1. The summed E-state index contributed by atoms with van der Waals surface area (Å²) in [4.78, 5) is 11.2. The molecule has 25 heavy (non-hydrogen) atoms. The molecule has 0 amide bonds. The Hall–Kier alpha value is -2.49. The van der Waals surface area contributed by atoms with E-state index in [2.05, 4.69) is 33.8 Å². The first kappa shape index (κ1) is 18.8. The summed E-state index contributed by atoms with van der Waals surface area (Å²) >= 11 is 0. The van der Waals surface area contributed by atoms with E-state index in [-0.39, 0.29) is 5.41 Å². The lowest BCUT2D eigenvalue weighted by Gasteiger charge is -2.23. The summed E-state index contributed by atoms with van der Waals surface area (Å²) in [6.45, 7) is 9.26. The fourth-order valence-corrected chi connectivity index (χ4v) is 2.59. The van der Waals surface area contributed by atoms with Crippen molar-refractivity contribution in [2.45, 2.75) is 33.1 Å². The third-order valence-corrected chi connectivity index (χ3v) is 3.89. The molecule has 0 N–H and O–H groups in total. The van der Waals surface area contributed by atoms with E-state index in [0.717, 1.165) is 12.0 Å². The van der Waals surface area contributed by atoms with Gasteiger partial charge in [0.15, 0.2) is 17.8 Å². The molecule has 0 heterocycles. The Morgan fingerprint density at radius 2 is 1.72 bits per heavy atom. The first-order chi connectivity index (χ1) is 11.9. The Kier molecular flexibility index (Phi) is 6.07. The molecule has 0 aliphatic carbocycles. The molecule has 4 nitrogen and oxygen atoms in total. The standard InChI is InChI=1S/C21H26O4/c1-15-9-10-18(17(13-15)21(2,3)4)24-11-12-25-20-16(14-22)7-6-8-19(20)23-5/h6-10,13-14H,11-12H2,1-5H3. The van der Waals surface area contributed by atoms with Crippen molar-refractivity contribution in [2.24, 2.45) is 0 Å². The second kappa shape index (κ2) is 8.06. The van der Waals surface area contributed by atoms with Crippen LogP contribution in [0.2, 0.25) is 0 Å². The number of benzene rings is 2. The Labute approximate surface area is 149 Å². The number of rotatable bonds is 7. The van der Waals surface area contributed by atoms with Gasteiger partial charge in [0, 0.05) is 0 Å². The molecule has 2 aromatic carbocycles. The molecule has 0 radical (unpaired) electrons. The van der Waals surface area contributed by atoms with E-state index in [1.54, 1.807) is 25.3 Å². The molecule has 0 aromatic heterocycles. The van der Waals surface area contributed by atoms with Crippen LogP contribution in [-0.2, 0) is 5.41 Å². The molecule has 0 atom stereocenters. The zero-order valence-corrected chi connectivity index (χ0v) is 15.6. The maximum Gasteiger partial charge on any atom is 0.171 e. The van der Waals surface area contributed by atoms with Crippen molar-refractivity contribution in [3.8, 4) is 17.2 Å². The number of carbonyl (C=O) groups is 1. The molecule has 2 aromatic rings. The second-order valence-corrected chi connectivity index (χ2v) is 6.94. The van der Waals surface area contributed by atoms with Crippen LogP contribution in [0.25, 0.3) is 0 Å². The zero-order chi connectivity index (χ0) is 18.4. The number of hydrogen-bond donors (Lipinski definition) is 0. The summed E-state index contributed by atoms with van der Waals surface area (Å²) in [5.74, 6) is 1.84. The fraction of sp³-hybridized carbons (Fsp3) is 0.381. The average molecular weight is 342 g/mol. The van der Waals surface area contributed by atoms with Crippen molar-refractivity contribution in [1.82, 2.24) is 0 Å². The minimum atomic E-state index is -0.00442. The predicted octanol–water partition coefficient (Wildman–Crippen LogP) is 4.57. The Balaban J connectivity index is 2.05. The summed E-state index contributed by atoms with van der Waals surface area (Å²) in [6, 6.07) is 11.4. The van der Waals surface area contributed by atoms with Crippen LogP contribution in [0.1, 0.15) is 42.3 Å². The van der Waals surface area contributed by atoms with E-state index in [1.165, 1.54) is 11.1 Å². The highest BCUT2D eigenvalue weighted by Gasteiger charge is 2.19. The summed E-state index contributed by atoms with van der Waals surface area (Å²) in [7, 11) is 1.55. The van der Waals surface area contributed by atoms with Gasteiger partial charge in [-0.1, -0.05) is 44.5 Å². The summed E-state index contributed by atoms with van der Waals surface area (Å²) in [5.41, 5.74) is 2.83. The Morgan fingerprint density at radius 3 is 2.36 bits per heavy atom. The first-order valence-corrected chi connectivity index (χ1v) is 8.35. The van der Waals surface area contributed by atoms with Crippen LogP contribution in [0.3, 0.4) is 0 Å². The van der Waals surface area contributed by atoms with Gasteiger partial charge in [0.05, 0.1) is 12.7 Å². The van der Waals surface area contributed by atoms with Crippen LogP contribution in [-0.4, -0.2) is 26.6 Å². The van der Waals surface area contributed by atoms with E-state index >= 15 is 0 Å². The number of hydrogen-bond acceptors (Lipinski definition) is 4. The molecule has 4 heteroatoms. The molecule has 134 valence electrons. The molecule has 0 bridgehead atoms. The van der Waals surface area contributed by atoms with Crippen LogP contribution >= 0.6 is 0 Å². The van der Waals surface area contributed by atoms with E-state index in [1.807, 2.05) is 12.1 Å². The highest BCUT2D eigenvalue weighted by Crippen LogP contribution is 2.32. The van der Waals surface area contributed by atoms with Gasteiger partial charge in [-0.2, -0.15) is 0 Å². The lowest BCUT2D eigenvalue weighted by Crippen LogP contribution is -2.16. The fourth-order valence-electron chi connectivity index (χ4n) is 2.59. The van der Waals surface area contributed by atoms with E-state index in [0.29, 0.717) is 30.3 Å². The van der Waals surface area contributed by atoms with Crippen molar-refractivity contribution in [3.63, 3.8) is 0 Å². The van der Waals surface area contributed by atoms with Crippen LogP contribution in [0.15, 0.2) is 36.4 Å². The number of para-hydroxylation sites is 1. The number of methoxy groups -OCH3 is 1. The van der Waals surface area contributed by atoms with Crippen molar-refractivity contribution >= 4 is 6.29 Å². The van der Waals surface area contributed by atoms with Crippen LogP contribution < -0.4 is 14.2 Å². The minimum absolute atomic E-state index is 0.00442. The second-order valence-electron chi connectivity index (χ2n) is 6.94. The van der Waals surface area contributed by atoms with Crippen molar-refractivity contribution < 1.29 is 19.0 Å². The number of aryl methyl sites for hydroxylation is 1. The molecule has 0 saturated heterocycles. The van der Waals surface area contributed by atoms with Gasteiger partial charge in [-0.25, -0.2) is 0 Å². The number of aldehydes is 1. The lowest BCUT2D eigenvalue weighted by atomic mass is 9.85. The topological polar surface area (TPSA) is 44.8 Å². The van der Waals surface area contributed by atoms with Gasteiger partial charge in [0.25, 0.3) is 0 Å². The highest BCUT2D eigenvalue weighted by atomic mass is 16.5. The van der Waals surface area contributed by atoms with Gasteiger partial charge in [-0.05, 0) is 36.1 Å².